The first-order valence-corrected chi connectivity index (χ1v) is 32.5. The molecule has 0 aromatic heterocycles. The van der Waals surface area contributed by atoms with E-state index in [1.54, 1.807) is 271 Å². The molecule has 0 spiro atoms. The number of rotatable bonds is 3. The van der Waals surface area contributed by atoms with Crippen LogP contribution in [0.4, 0.5) is 0 Å². The van der Waals surface area contributed by atoms with Gasteiger partial charge in [0.1, 0.15) is 0 Å². The maximum absolute atomic E-state index is 7.50. The molecule has 11 aliphatic carbocycles. The summed E-state index contributed by atoms with van der Waals surface area (Å²) in [4.78, 5) is 0. The second-order valence-corrected chi connectivity index (χ2v) is 31.1. The van der Waals surface area contributed by atoms with E-state index in [4.69, 9.17) is 4.65 Å². The zero-order chi connectivity index (χ0) is 49.0. The molecule has 0 atom stereocenters. The van der Waals surface area contributed by atoms with Gasteiger partial charge in [0.25, 0.3) is 0 Å². The Balaban J connectivity index is 0.000000311. The summed E-state index contributed by atoms with van der Waals surface area (Å²) in [5.41, 5.74) is 16.8. The Labute approximate surface area is 444 Å². The average Bonchev–Trinajstić information content (AvgIpc) is 1.78. The SMILES string of the molecule is CC12[C]3[C]4[C]5[C]6[C]3C3(C)c7c1c1c8c2c2c9c%10c(c%11c%12c%13c(c%14c%15c%16c(c3c3c7c7c1c1c%17c8c9c8c9c%10c%12c%10c%12c%13c%15c%13c%15c%16c3c3c7c1c1c(c%178)c(c9%10)c(c%12%13)c1c3%15)C6%14C)C5%11C)C42C.CCP(CC)CC.[C-]#[O+].[Cl][Ru+]. The molecule has 1 saturated carbocycles. The van der Waals surface area contributed by atoms with Crippen molar-refractivity contribution in [2.45, 2.75) is 82.5 Å². The molecule has 1 fully saturated rings. The molecule has 0 saturated heterocycles. The molecule has 11 aliphatic rings. The normalized spacial score (nSPS) is 29.3. The molecule has 32 rings (SSSR count). The van der Waals surface area contributed by atoms with Crippen LogP contribution in [0.15, 0.2) is 0 Å². The van der Waals surface area contributed by atoms with Crippen molar-refractivity contribution in [3.63, 3.8) is 0 Å². The topological polar surface area (TPSA) is 19.9 Å². The van der Waals surface area contributed by atoms with Crippen LogP contribution >= 0.6 is 17.6 Å². The van der Waals surface area contributed by atoms with Gasteiger partial charge in [-0.15, -0.1) is 7.92 Å². The second kappa shape index (κ2) is 8.56. The molecule has 0 unspecified atom stereocenters. The van der Waals surface area contributed by atoms with Gasteiger partial charge in [0.2, 0.25) is 0 Å². The quantitative estimate of drug-likeness (QED) is 0.0552. The minimum atomic E-state index is -0.191. The van der Waals surface area contributed by atoms with Crippen molar-refractivity contribution in [3.8, 4) is 0 Å². The van der Waals surface area contributed by atoms with Gasteiger partial charge < -0.3 is 0 Å². The van der Waals surface area contributed by atoms with E-state index >= 15 is 0 Å². The van der Waals surface area contributed by atoms with Crippen LogP contribution in [0.3, 0.4) is 0 Å². The van der Waals surface area contributed by atoms with Gasteiger partial charge in [0.05, 0.1) is 0 Å². The molecule has 21 aromatic rings. The number of benzene rings is 15. The summed E-state index contributed by atoms with van der Waals surface area (Å²) in [6.45, 7) is 25.6. The molecule has 4 heteroatoms. The van der Waals surface area contributed by atoms with Gasteiger partial charge in [-0.2, -0.15) is 0 Å². The van der Waals surface area contributed by atoms with Crippen molar-refractivity contribution in [2.24, 2.45) is 0 Å². The zero-order valence-corrected chi connectivity index (χ0v) is 45.6. The molecule has 343 valence electrons. The summed E-state index contributed by atoms with van der Waals surface area (Å²) < 4.78 is 7.50. The molecule has 5 radical (unpaired) electrons. The van der Waals surface area contributed by atoms with Crippen molar-refractivity contribution in [1.29, 1.82) is 0 Å². The van der Waals surface area contributed by atoms with Crippen LogP contribution in [-0.4, -0.2) is 18.5 Å². The standard InChI is InChI=1S/C65H15.C6H15P.CO.ClH.Ru/c1-61-46-36-26-16-11-6-7-9-10-8(6)13-20-18(11)28(26)38-40-30(20)32-22(13)24-15(10)25-23-14(9)21-19-12(7)17(16)27-29(19)39-41-31(21)33(23)43-45-35(25)34(24)44-42(32)52-50(40)62(2,48(38)46)57-56(61)58-60-59(57)64(52,4)54(44)55(45)65(60,5)53(43)51(41)63(58,3)49(39)47(61)37(27)36;1-4-7(5-2)6-3;1-2;;/h1-5H3;4-6H2,1-3H3;;1H;/q;;;;+2/p-1. The number of hydrogen-bond acceptors (Lipinski definition) is 0. The fourth-order valence-corrected chi connectivity index (χ4v) is 28.3. The Bertz CT molecular complexity index is 5410. The summed E-state index contributed by atoms with van der Waals surface area (Å²) in [6.07, 6.45) is 4.26. The van der Waals surface area contributed by atoms with Crippen molar-refractivity contribution in [3.05, 3.63) is 91.9 Å². The summed E-state index contributed by atoms with van der Waals surface area (Å²) in [5.74, 6) is 9.05. The second-order valence-electron chi connectivity index (χ2n) is 27.9. The molecule has 21 aromatic carbocycles. The molecule has 1 nitrogen and oxygen atoms in total. The van der Waals surface area contributed by atoms with E-state index in [1.807, 2.05) is 46.9 Å². The molecule has 76 heavy (non-hydrogen) atoms. The summed E-state index contributed by atoms with van der Waals surface area (Å²) in [5, 5.41) is 67.8. The van der Waals surface area contributed by atoms with Crippen LogP contribution in [0.2, 0.25) is 0 Å². The zero-order valence-electron chi connectivity index (χ0n) is 42.2. The van der Waals surface area contributed by atoms with Crippen LogP contribution in [0.5, 0.6) is 0 Å². The van der Waals surface area contributed by atoms with Gasteiger partial charge in [-0.05, 0) is 290 Å². The van der Waals surface area contributed by atoms with Crippen LogP contribution in [0, 0.1) is 36.2 Å². The number of hydrogen-bond donors (Lipinski definition) is 0. The molecular formula is C72H30ClOPRu+. The van der Waals surface area contributed by atoms with E-state index in [1.165, 1.54) is 18.5 Å². The van der Waals surface area contributed by atoms with Crippen LogP contribution < -0.4 is 0 Å². The van der Waals surface area contributed by atoms with E-state index < -0.39 is 0 Å². The van der Waals surface area contributed by atoms with Gasteiger partial charge in [-0.3, -0.25) is 0 Å². The Morgan fingerprint density at radius 3 is 0.421 bits per heavy atom. The monoisotopic (exact) mass is 1080 g/mol. The minimum absolute atomic E-state index is 0.191. The van der Waals surface area contributed by atoms with E-state index in [0.717, 1.165) is 0 Å². The van der Waals surface area contributed by atoms with Crippen molar-refractivity contribution < 1.29 is 22.0 Å². The Morgan fingerprint density at radius 2 is 0.342 bits per heavy atom. The Morgan fingerprint density at radius 1 is 0.250 bits per heavy atom. The Hall–Kier alpha value is -5.42. The summed E-state index contributed by atoms with van der Waals surface area (Å²) in [7, 11) is 5.01. The third-order valence-corrected chi connectivity index (χ3v) is 30.3. The molecule has 0 amide bonds. The predicted molar refractivity (Wildman–Crippen MR) is 315 cm³/mol. The molecule has 0 aliphatic heterocycles. The fraction of sp³-hybridized carbons (Fsp3) is 0.222. The van der Waals surface area contributed by atoms with Crippen LogP contribution in [0.25, 0.3) is 215 Å². The van der Waals surface area contributed by atoms with E-state index in [0.29, 0.717) is 7.92 Å². The van der Waals surface area contributed by atoms with Crippen LogP contribution in [-0.2, 0) is 49.0 Å². The van der Waals surface area contributed by atoms with Crippen LogP contribution in [0.1, 0.15) is 111 Å². The third kappa shape index (κ3) is 2.05. The fourth-order valence-electron chi connectivity index (χ4n) is 26.9. The van der Waals surface area contributed by atoms with Crippen molar-refractivity contribution in [2.75, 3.05) is 18.5 Å². The van der Waals surface area contributed by atoms with Gasteiger partial charge in [0, 0.05) is 56.7 Å². The first-order valence-electron chi connectivity index (χ1n) is 28.4. The summed E-state index contributed by atoms with van der Waals surface area (Å²) >= 11 is 1.82. The van der Waals surface area contributed by atoms with Gasteiger partial charge in [-0.1, -0.05) is 55.4 Å². The average molecular weight is 1080 g/mol. The van der Waals surface area contributed by atoms with Gasteiger partial charge in [-0.25, -0.2) is 0 Å². The van der Waals surface area contributed by atoms with E-state index in [2.05, 4.69) is 71.7 Å². The molecular weight excluding hydrogens is 1050 g/mol. The first kappa shape index (κ1) is 35.9. The third-order valence-electron chi connectivity index (χ3n) is 27.6. The maximum atomic E-state index is 7.50. The van der Waals surface area contributed by atoms with E-state index in [-0.39, 0.29) is 27.1 Å². The molecule has 0 N–H and O–H groups in total. The predicted octanol–water partition coefficient (Wildman–Crippen LogP) is 18.8. The Kier molecular flexibility index (Phi) is 4.04. The first-order chi connectivity index (χ1) is 37.2. The van der Waals surface area contributed by atoms with E-state index in [9.17, 15) is 0 Å². The van der Waals surface area contributed by atoms with Crippen molar-refractivity contribution in [1.82, 2.24) is 0 Å². The summed E-state index contributed by atoms with van der Waals surface area (Å²) in [6, 6.07) is 0. The van der Waals surface area contributed by atoms with Gasteiger partial charge in [0.15, 0.2) is 0 Å². The molecule has 0 bridgehead atoms. The number of halogens is 1. The van der Waals surface area contributed by atoms with Gasteiger partial charge >= 0.3 is 38.3 Å². The molecule has 0 heterocycles. The van der Waals surface area contributed by atoms with Crippen molar-refractivity contribution >= 4 is 233 Å².